The molecule has 0 atom stereocenters. The van der Waals surface area contributed by atoms with Crippen molar-refractivity contribution >= 4 is 33.1 Å². The number of nitrogens with zero attached hydrogens (tertiary/aromatic N) is 1. The van der Waals surface area contributed by atoms with E-state index in [1.165, 1.54) is 12.1 Å². The van der Waals surface area contributed by atoms with Crippen molar-refractivity contribution < 1.29 is 18.0 Å². The molecule has 4 rings (SSSR count). The highest BCUT2D eigenvalue weighted by molar-refractivity contribution is 7.92. The molecule has 0 radical (unpaired) electrons. The summed E-state index contributed by atoms with van der Waals surface area (Å²) in [6.45, 7) is 5.90. The van der Waals surface area contributed by atoms with Gasteiger partial charge in [-0.05, 0) is 47.4 Å². The number of benzene rings is 4. The SMILES string of the molecule is CC(C)(C)c1ccc(C(=O)c2cccc(NC(=O)CN(c3ccccc3)S(=O)(=O)c3ccccc3)c2)cc1. The average molecular weight is 527 g/mol. The molecule has 4 aromatic rings. The minimum Gasteiger partial charge on any atom is -0.324 e. The summed E-state index contributed by atoms with van der Waals surface area (Å²) in [4.78, 5) is 26.2. The van der Waals surface area contributed by atoms with E-state index in [4.69, 9.17) is 0 Å². The molecule has 6 nitrogen and oxygen atoms in total. The van der Waals surface area contributed by atoms with Crippen LogP contribution >= 0.6 is 0 Å². The normalized spacial score (nSPS) is 11.6. The zero-order valence-electron chi connectivity index (χ0n) is 21.6. The second-order valence-corrected chi connectivity index (χ2v) is 11.8. The van der Waals surface area contributed by atoms with Crippen LogP contribution in [-0.4, -0.2) is 26.7 Å². The highest BCUT2D eigenvalue weighted by atomic mass is 32.2. The maximum atomic E-state index is 13.4. The standard InChI is InChI=1S/C31H30N2O4S/c1-31(2,3)25-19-17-23(18-20-25)30(35)24-11-10-12-26(21-24)32-29(34)22-33(27-13-6-4-7-14-27)38(36,37)28-15-8-5-9-16-28/h4-21H,22H2,1-3H3,(H,32,34). The van der Waals surface area contributed by atoms with Gasteiger partial charge < -0.3 is 5.32 Å². The fourth-order valence-corrected chi connectivity index (χ4v) is 5.43. The van der Waals surface area contributed by atoms with E-state index >= 15 is 0 Å². The maximum Gasteiger partial charge on any atom is 0.264 e. The van der Waals surface area contributed by atoms with E-state index in [-0.39, 0.29) is 16.1 Å². The van der Waals surface area contributed by atoms with Crippen LogP contribution in [0.3, 0.4) is 0 Å². The zero-order chi connectivity index (χ0) is 27.3. The molecular formula is C31H30N2O4S. The first-order valence-corrected chi connectivity index (χ1v) is 13.7. The van der Waals surface area contributed by atoms with E-state index in [2.05, 4.69) is 26.1 Å². The van der Waals surface area contributed by atoms with Crippen molar-refractivity contribution in [1.82, 2.24) is 0 Å². The van der Waals surface area contributed by atoms with Crippen LogP contribution in [0, 0.1) is 0 Å². The van der Waals surface area contributed by atoms with Gasteiger partial charge in [0.15, 0.2) is 5.78 Å². The second kappa shape index (κ2) is 11.0. The van der Waals surface area contributed by atoms with Crippen LogP contribution in [0.25, 0.3) is 0 Å². The van der Waals surface area contributed by atoms with Gasteiger partial charge in [0.1, 0.15) is 6.54 Å². The predicted molar refractivity (Wildman–Crippen MR) is 151 cm³/mol. The van der Waals surface area contributed by atoms with Gasteiger partial charge in [0.05, 0.1) is 10.6 Å². The molecule has 7 heteroatoms. The molecule has 0 fully saturated rings. The summed E-state index contributed by atoms with van der Waals surface area (Å²) in [7, 11) is -3.99. The number of anilines is 2. The van der Waals surface area contributed by atoms with Crippen LogP contribution in [0.1, 0.15) is 42.3 Å². The third-order valence-electron chi connectivity index (χ3n) is 6.08. The lowest BCUT2D eigenvalue weighted by molar-refractivity contribution is -0.114. The smallest absolute Gasteiger partial charge is 0.264 e. The second-order valence-electron chi connectivity index (χ2n) is 9.95. The first-order valence-electron chi connectivity index (χ1n) is 12.2. The Bertz CT molecular complexity index is 1530. The monoisotopic (exact) mass is 526 g/mol. The Morgan fingerprint density at radius 2 is 1.34 bits per heavy atom. The van der Waals surface area contributed by atoms with Crippen molar-refractivity contribution in [2.75, 3.05) is 16.2 Å². The number of carbonyl (C=O) groups is 2. The summed E-state index contributed by atoms with van der Waals surface area (Å²) < 4.78 is 27.9. The summed E-state index contributed by atoms with van der Waals surface area (Å²) in [5.74, 6) is -0.702. The van der Waals surface area contributed by atoms with Crippen molar-refractivity contribution in [3.05, 3.63) is 126 Å². The molecular weight excluding hydrogens is 496 g/mol. The fourth-order valence-electron chi connectivity index (χ4n) is 3.99. The number of ketones is 1. The van der Waals surface area contributed by atoms with Crippen LogP contribution in [0.4, 0.5) is 11.4 Å². The Morgan fingerprint density at radius 1 is 0.737 bits per heavy atom. The summed E-state index contributed by atoms with van der Waals surface area (Å²) in [5, 5.41) is 2.74. The topological polar surface area (TPSA) is 83.6 Å². The Hall–Kier alpha value is -4.23. The predicted octanol–water partition coefficient (Wildman–Crippen LogP) is 6.05. The molecule has 38 heavy (non-hydrogen) atoms. The average Bonchev–Trinajstić information content (AvgIpc) is 2.92. The van der Waals surface area contributed by atoms with Crippen LogP contribution < -0.4 is 9.62 Å². The van der Waals surface area contributed by atoms with Crippen molar-refractivity contribution in [2.24, 2.45) is 0 Å². The van der Waals surface area contributed by atoms with Crippen LogP contribution in [0.5, 0.6) is 0 Å². The van der Waals surface area contributed by atoms with Gasteiger partial charge >= 0.3 is 0 Å². The van der Waals surface area contributed by atoms with Crippen LogP contribution in [0.2, 0.25) is 0 Å². The fraction of sp³-hybridized carbons (Fsp3) is 0.161. The lowest BCUT2D eigenvalue weighted by atomic mass is 9.86. The summed E-state index contributed by atoms with van der Waals surface area (Å²) in [5.41, 5.74) is 2.84. The lowest BCUT2D eigenvalue weighted by Gasteiger charge is -2.24. The molecule has 0 saturated heterocycles. The Morgan fingerprint density at radius 3 is 1.95 bits per heavy atom. The number of amides is 1. The molecule has 1 amide bonds. The highest BCUT2D eigenvalue weighted by Crippen LogP contribution is 2.25. The number of nitrogens with one attached hydrogen (secondary N) is 1. The quantitative estimate of drug-likeness (QED) is 0.283. The minimum atomic E-state index is -3.99. The molecule has 0 saturated carbocycles. The molecule has 0 bridgehead atoms. The van der Waals surface area contributed by atoms with Crippen molar-refractivity contribution in [2.45, 2.75) is 31.1 Å². The largest absolute Gasteiger partial charge is 0.324 e. The summed E-state index contributed by atoms with van der Waals surface area (Å²) in [6, 6.07) is 30.6. The van der Waals surface area contributed by atoms with Gasteiger partial charge in [-0.25, -0.2) is 8.42 Å². The van der Waals surface area contributed by atoms with Gasteiger partial charge in [-0.15, -0.1) is 0 Å². The molecule has 0 aliphatic heterocycles. The Balaban J connectivity index is 1.54. The highest BCUT2D eigenvalue weighted by Gasteiger charge is 2.27. The molecule has 0 spiro atoms. The van der Waals surface area contributed by atoms with Crippen molar-refractivity contribution in [3.63, 3.8) is 0 Å². The van der Waals surface area contributed by atoms with Gasteiger partial charge in [-0.1, -0.05) is 93.6 Å². The minimum absolute atomic E-state index is 0.0204. The Kier molecular flexibility index (Phi) is 7.78. The number of para-hydroxylation sites is 1. The van der Waals surface area contributed by atoms with E-state index in [9.17, 15) is 18.0 Å². The van der Waals surface area contributed by atoms with Crippen LogP contribution in [-0.2, 0) is 20.2 Å². The van der Waals surface area contributed by atoms with E-state index in [1.54, 1.807) is 84.9 Å². The summed E-state index contributed by atoms with van der Waals surface area (Å²) >= 11 is 0. The molecule has 0 heterocycles. The molecule has 194 valence electrons. The molecule has 0 aliphatic carbocycles. The third-order valence-corrected chi connectivity index (χ3v) is 7.87. The van der Waals surface area contributed by atoms with E-state index in [0.717, 1.165) is 9.87 Å². The molecule has 1 N–H and O–H groups in total. The molecule has 4 aromatic carbocycles. The first kappa shape index (κ1) is 26.8. The van der Waals surface area contributed by atoms with Crippen molar-refractivity contribution in [1.29, 1.82) is 0 Å². The molecule has 0 aliphatic rings. The Labute approximate surface area is 224 Å². The number of sulfonamides is 1. The van der Waals surface area contributed by atoms with Crippen LogP contribution in [0.15, 0.2) is 114 Å². The van der Waals surface area contributed by atoms with E-state index in [1.807, 2.05) is 12.1 Å². The lowest BCUT2D eigenvalue weighted by Crippen LogP contribution is -2.38. The number of hydrogen-bond acceptors (Lipinski definition) is 4. The number of rotatable bonds is 8. The zero-order valence-corrected chi connectivity index (χ0v) is 22.4. The maximum absolute atomic E-state index is 13.4. The van der Waals surface area contributed by atoms with Gasteiger partial charge in [0.2, 0.25) is 5.91 Å². The van der Waals surface area contributed by atoms with Gasteiger partial charge in [0.25, 0.3) is 10.0 Å². The summed E-state index contributed by atoms with van der Waals surface area (Å²) in [6.07, 6.45) is 0. The number of hydrogen-bond donors (Lipinski definition) is 1. The molecule has 0 unspecified atom stereocenters. The first-order chi connectivity index (χ1) is 18.1. The van der Waals surface area contributed by atoms with E-state index in [0.29, 0.717) is 22.5 Å². The third kappa shape index (κ3) is 6.18. The van der Waals surface area contributed by atoms with E-state index < -0.39 is 22.5 Å². The number of carbonyl (C=O) groups excluding carboxylic acids is 2. The van der Waals surface area contributed by atoms with Crippen molar-refractivity contribution in [3.8, 4) is 0 Å². The van der Waals surface area contributed by atoms with Gasteiger partial charge in [-0.2, -0.15) is 0 Å². The van der Waals surface area contributed by atoms with Gasteiger partial charge in [0, 0.05) is 16.8 Å². The van der Waals surface area contributed by atoms with Gasteiger partial charge in [-0.3, -0.25) is 13.9 Å². The molecule has 0 aromatic heterocycles.